The van der Waals surface area contributed by atoms with Crippen LogP contribution in [0.15, 0.2) is 84.2 Å². The minimum atomic E-state index is -1.03. The lowest BCUT2D eigenvalue weighted by Crippen LogP contribution is -2.41. The summed E-state index contributed by atoms with van der Waals surface area (Å²) in [7, 11) is 1.65. The summed E-state index contributed by atoms with van der Waals surface area (Å²) in [5.74, 6) is -0.480. The first kappa shape index (κ1) is 27.9. The van der Waals surface area contributed by atoms with Gasteiger partial charge in [-0.05, 0) is 47.7 Å². The zero-order valence-electron chi connectivity index (χ0n) is 22.3. The molecule has 1 aromatic heterocycles. The fourth-order valence-corrected chi connectivity index (χ4v) is 5.07. The number of aromatic nitrogens is 1. The third kappa shape index (κ3) is 7.67. The Kier molecular flexibility index (Phi) is 9.33. The topological polar surface area (TPSA) is 91.8 Å². The van der Waals surface area contributed by atoms with Crippen molar-refractivity contribution in [3.05, 3.63) is 101 Å². The second kappa shape index (κ2) is 13.1. The Bertz CT molecular complexity index is 1390. The standard InChI is InChI=1S/C31H33N3O4S/c1-21(2)16-27(30(36)37)32-29(35)24-14-12-23(13-15-24)19-34(18-22-8-5-4-6-9-22)31-33-28(20-39-31)25-10-7-11-26(17-25)38-3/h4-15,17,20-21,27H,16,18-19H2,1-3H3,(H,32,35)(H,36,37). The molecule has 0 aliphatic heterocycles. The third-order valence-corrected chi connectivity index (χ3v) is 7.15. The van der Waals surface area contributed by atoms with Gasteiger partial charge in [-0.2, -0.15) is 0 Å². The number of anilines is 1. The third-order valence-electron chi connectivity index (χ3n) is 6.24. The fourth-order valence-electron chi connectivity index (χ4n) is 4.24. The number of aliphatic carboxylic acids is 1. The van der Waals surface area contributed by atoms with Crippen molar-refractivity contribution in [1.82, 2.24) is 10.3 Å². The molecule has 1 unspecified atom stereocenters. The van der Waals surface area contributed by atoms with Crippen molar-refractivity contribution in [2.24, 2.45) is 5.92 Å². The van der Waals surface area contributed by atoms with E-state index in [4.69, 9.17) is 9.72 Å². The molecule has 0 fully saturated rings. The number of thiazole rings is 1. The average Bonchev–Trinajstić information content (AvgIpc) is 3.43. The summed E-state index contributed by atoms with van der Waals surface area (Å²) in [5.41, 5.74) is 4.48. The number of carbonyl (C=O) groups is 2. The van der Waals surface area contributed by atoms with Crippen LogP contribution in [0.3, 0.4) is 0 Å². The Morgan fingerprint density at radius 2 is 1.67 bits per heavy atom. The lowest BCUT2D eigenvalue weighted by Gasteiger charge is -2.22. The molecular weight excluding hydrogens is 510 g/mol. The molecule has 7 nitrogen and oxygen atoms in total. The molecule has 2 N–H and O–H groups in total. The van der Waals surface area contributed by atoms with Crippen molar-refractivity contribution in [3.8, 4) is 17.0 Å². The number of carboxylic acids is 1. The van der Waals surface area contributed by atoms with Gasteiger partial charge in [0.15, 0.2) is 5.13 Å². The molecule has 8 heteroatoms. The SMILES string of the molecule is COc1cccc(-c2csc(N(Cc3ccccc3)Cc3ccc(C(=O)NC(CC(C)C)C(=O)O)cc3)n2)c1. The summed E-state index contributed by atoms with van der Waals surface area (Å²) >= 11 is 1.58. The minimum Gasteiger partial charge on any atom is -0.497 e. The molecule has 4 rings (SSSR count). The lowest BCUT2D eigenvalue weighted by molar-refractivity contribution is -0.139. The van der Waals surface area contributed by atoms with Crippen LogP contribution >= 0.6 is 11.3 Å². The molecule has 39 heavy (non-hydrogen) atoms. The smallest absolute Gasteiger partial charge is 0.326 e. The second-order valence-electron chi connectivity index (χ2n) is 9.78. The van der Waals surface area contributed by atoms with Crippen molar-refractivity contribution in [1.29, 1.82) is 0 Å². The molecule has 202 valence electrons. The van der Waals surface area contributed by atoms with Crippen LogP contribution in [0, 0.1) is 5.92 Å². The van der Waals surface area contributed by atoms with E-state index in [2.05, 4.69) is 22.3 Å². The van der Waals surface area contributed by atoms with Gasteiger partial charge in [0.25, 0.3) is 5.91 Å². The Labute approximate surface area is 233 Å². The molecule has 1 amide bonds. The van der Waals surface area contributed by atoms with Gasteiger partial charge in [0, 0.05) is 29.6 Å². The summed E-state index contributed by atoms with van der Waals surface area (Å²) in [6, 6.07) is 24.4. The largest absolute Gasteiger partial charge is 0.497 e. The van der Waals surface area contributed by atoms with Gasteiger partial charge < -0.3 is 20.1 Å². The number of carboxylic acid groups (broad SMARTS) is 1. The van der Waals surface area contributed by atoms with Gasteiger partial charge in [0.2, 0.25) is 0 Å². The van der Waals surface area contributed by atoms with Crippen LogP contribution in [0.1, 0.15) is 41.8 Å². The highest BCUT2D eigenvalue weighted by molar-refractivity contribution is 7.14. The van der Waals surface area contributed by atoms with Crippen LogP contribution in [0.25, 0.3) is 11.3 Å². The van der Waals surface area contributed by atoms with E-state index in [1.54, 1.807) is 30.6 Å². The molecule has 0 saturated heterocycles. The maximum absolute atomic E-state index is 12.7. The molecule has 0 bridgehead atoms. The number of ether oxygens (including phenoxy) is 1. The number of hydrogen-bond acceptors (Lipinski definition) is 6. The molecule has 0 aliphatic rings. The molecule has 1 heterocycles. The van der Waals surface area contributed by atoms with E-state index in [1.165, 1.54) is 0 Å². The van der Waals surface area contributed by atoms with Crippen LogP contribution < -0.4 is 15.0 Å². The Morgan fingerprint density at radius 1 is 0.974 bits per heavy atom. The highest BCUT2D eigenvalue weighted by atomic mass is 32.1. The van der Waals surface area contributed by atoms with E-state index < -0.39 is 17.9 Å². The van der Waals surface area contributed by atoms with Crippen LogP contribution in [0.4, 0.5) is 5.13 Å². The maximum Gasteiger partial charge on any atom is 0.326 e. The first-order chi connectivity index (χ1) is 18.8. The molecule has 1 atom stereocenters. The van der Waals surface area contributed by atoms with Crippen molar-refractivity contribution in [3.63, 3.8) is 0 Å². The summed E-state index contributed by atoms with van der Waals surface area (Å²) in [5, 5.41) is 15.0. The number of rotatable bonds is 12. The van der Waals surface area contributed by atoms with E-state index in [-0.39, 0.29) is 5.92 Å². The Morgan fingerprint density at radius 3 is 2.31 bits per heavy atom. The van der Waals surface area contributed by atoms with Gasteiger partial charge in [-0.15, -0.1) is 11.3 Å². The second-order valence-corrected chi connectivity index (χ2v) is 10.6. The number of benzene rings is 3. The lowest BCUT2D eigenvalue weighted by atomic mass is 10.0. The van der Waals surface area contributed by atoms with E-state index in [9.17, 15) is 14.7 Å². The molecule has 0 spiro atoms. The quantitative estimate of drug-likeness (QED) is 0.219. The molecule has 4 aromatic rings. The van der Waals surface area contributed by atoms with Gasteiger partial charge in [0.05, 0.1) is 12.8 Å². The molecular formula is C31H33N3O4S. The van der Waals surface area contributed by atoms with Crippen LogP contribution in [0.2, 0.25) is 0 Å². The molecule has 0 saturated carbocycles. The Hall–Kier alpha value is -4.17. The minimum absolute atomic E-state index is 0.152. The average molecular weight is 544 g/mol. The number of hydrogen-bond donors (Lipinski definition) is 2. The zero-order valence-corrected chi connectivity index (χ0v) is 23.2. The predicted molar refractivity (Wildman–Crippen MR) is 155 cm³/mol. The number of nitrogens with zero attached hydrogens (tertiary/aromatic N) is 2. The molecule has 0 radical (unpaired) electrons. The number of amides is 1. The van der Waals surface area contributed by atoms with Gasteiger partial charge in [-0.25, -0.2) is 9.78 Å². The summed E-state index contributed by atoms with van der Waals surface area (Å²) in [6.45, 7) is 5.12. The van der Waals surface area contributed by atoms with Crippen molar-refractivity contribution in [2.75, 3.05) is 12.0 Å². The highest BCUT2D eigenvalue weighted by Gasteiger charge is 2.22. The predicted octanol–water partition coefficient (Wildman–Crippen LogP) is 6.25. The number of nitrogens with one attached hydrogen (secondary N) is 1. The summed E-state index contributed by atoms with van der Waals surface area (Å²) in [6.07, 6.45) is 0.374. The van der Waals surface area contributed by atoms with Crippen molar-refractivity contribution >= 4 is 28.3 Å². The Balaban J connectivity index is 1.53. The fraction of sp³-hybridized carbons (Fsp3) is 0.258. The van der Waals surface area contributed by atoms with Gasteiger partial charge in [0.1, 0.15) is 11.8 Å². The molecule has 0 aliphatic carbocycles. The van der Waals surface area contributed by atoms with Crippen LogP contribution in [-0.2, 0) is 17.9 Å². The van der Waals surface area contributed by atoms with Crippen LogP contribution in [0.5, 0.6) is 5.75 Å². The summed E-state index contributed by atoms with van der Waals surface area (Å²) in [4.78, 5) is 31.4. The van der Waals surface area contributed by atoms with Crippen molar-refractivity contribution in [2.45, 2.75) is 39.4 Å². The number of methoxy groups -OCH3 is 1. The number of carbonyl (C=O) groups excluding carboxylic acids is 1. The van der Waals surface area contributed by atoms with Crippen molar-refractivity contribution < 1.29 is 19.4 Å². The monoisotopic (exact) mass is 543 g/mol. The normalized spacial score (nSPS) is 11.7. The zero-order chi connectivity index (χ0) is 27.8. The highest BCUT2D eigenvalue weighted by Crippen LogP contribution is 2.31. The maximum atomic E-state index is 12.7. The summed E-state index contributed by atoms with van der Waals surface area (Å²) < 4.78 is 5.37. The first-order valence-electron chi connectivity index (χ1n) is 12.8. The van der Waals surface area contributed by atoms with Crippen LogP contribution in [-0.4, -0.2) is 35.1 Å². The van der Waals surface area contributed by atoms with E-state index in [0.717, 1.165) is 33.3 Å². The van der Waals surface area contributed by atoms with Gasteiger partial charge in [-0.1, -0.05) is 68.4 Å². The van der Waals surface area contributed by atoms with Gasteiger partial charge >= 0.3 is 5.97 Å². The van der Waals surface area contributed by atoms with E-state index in [0.29, 0.717) is 25.1 Å². The first-order valence-corrected chi connectivity index (χ1v) is 13.7. The van der Waals surface area contributed by atoms with Gasteiger partial charge in [-0.3, -0.25) is 4.79 Å². The van der Waals surface area contributed by atoms with E-state index in [1.807, 2.05) is 73.8 Å². The molecule has 3 aromatic carbocycles. The van der Waals surface area contributed by atoms with E-state index >= 15 is 0 Å².